The van der Waals surface area contributed by atoms with Crippen LogP contribution in [0.1, 0.15) is 35.1 Å². The third-order valence-corrected chi connectivity index (χ3v) is 5.47. The fourth-order valence-corrected chi connectivity index (χ4v) is 3.62. The molecule has 4 rings (SSSR count). The van der Waals surface area contributed by atoms with E-state index >= 15 is 0 Å². The number of nitrogens with zero attached hydrogens (tertiary/aromatic N) is 3. The molecular formula is C20H16ClF3N4O3. The molecule has 1 aliphatic rings. The third-order valence-electron chi connectivity index (χ3n) is 5.15. The molecule has 162 valence electrons. The van der Waals surface area contributed by atoms with E-state index in [9.17, 15) is 22.8 Å². The predicted octanol–water partition coefficient (Wildman–Crippen LogP) is 4.48. The highest BCUT2D eigenvalue weighted by Gasteiger charge is 2.37. The Kier molecular flexibility index (Phi) is 5.34. The molecule has 1 amide bonds. The van der Waals surface area contributed by atoms with E-state index in [1.54, 1.807) is 23.0 Å². The van der Waals surface area contributed by atoms with Gasteiger partial charge in [-0.25, -0.2) is 4.98 Å². The van der Waals surface area contributed by atoms with Crippen molar-refractivity contribution in [1.29, 1.82) is 0 Å². The highest BCUT2D eigenvalue weighted by molar-refractivity contribution is 6.34. The maximum Gasteiger partial charge on any atom is 0.433 e. The van der Waals surface area contributed by atoms with E-state index in [0.717, 1.165) is 12.1 Å². The Morgan fingerprint density at radius 3 is 2.68 bits per heavy atom. The number of amides is 1. The summed E-state index contributed by atoms with van der Waals surface area (Å²) in [4.78, 5) is 27.3. The Morgan fingerprint density at radius 1 is 1.26 bits per heavy atom. The molecule has 1 N–H and O–H groups in total. The summed E-state index contributed by atoms with van der Waals surface area (Å²) in [5.41, 5.74) is -0.737. The van der Waals surface area contributed by atoms with E-state index in [4.69, 9.17) is 16.3 Å². The van der Waals surface area contributed by atoms with Crippen molar-refractivity contribution >= 4 is 40.1 Å². The first-order chi connectivity index (χ1) is 14.7. The van der Waals surface area contributed by atoms with Gasteiger partial charge in [0.05, 0.1) is 35.3 Å². The topological polar surface area (TPSA) is 86.1 Å². The van der Waals surface area contributed by atoms with Gasteiger partial charge in [-0.1, -0.05) is 17.7 Å². The van der Waals surface area contributed by atoms with Gasteiger partial charge in [0.15, 0.2) is 0 Å². The summed E-state index contributed by atoms with van der Waals surface area (Å²) in [6.45, 7) is 0. The molecule has 0 aliphatic heterocycles. The number of benzene rings is 1. The molecule has 11 heteroatoms. The van der Waals surface area contributed by atoms with Gasteiger partial charge < -0.3 is 10.1 Å². The molecule has 1 aliphatic carbocycles. The number of carbonyl (C=O) groups is 2. The van der Waals surface area contributed by atoms with Gasteiger partial charge in [-0.15, -0.1) is 0 Å². The molecular weight excluding hydrogens is 437 g/mol. The van der Waals surface area contributed by atoms with Crippen molar-refractivity contribution in [2.24, 2.45) is 5.92 Å². The fraction of sp³-hybridized carbons (Fsp3) is 0.300. The minimum absolute atomic E-state index is 0.0441. The van der Waals surface area contributed by atoms with E-state index in [2.05, 4.69) is 15.4 Å². The first-order valence-electron chi connectivity index (χ1n) is 9.27. The van der Waals surface area contributed by atoms with Crippen LogP contribution in [-0.4, -0.2) is 33.8 Å². The van der Waals surface area contributed by atoms with Gasteiger partial charge in [0.25, 0.3) is 5.91 Å². The molecule has 0 unspecified atom stereocenters. The number of hydrogen-bond donors (Lipinski definition) is 1. The van der Waals surface area contributed by atoms with Gasteiger partial charge in [0.1, 0.15) is 11.4 Å². The monoisotopic (exact) mass is 452 g/mol. The maximum atomic E-state index is 12.8. The van der Waals surface area contributed by atoms with E-state index in [1.807, 2.05) is 0 Å². The predicted molar refractivity (Wildman–Crippen MR) is 106 cm³/mol. The minimum atomic E-state index is -4.66. The number of anilines is 1. The molecule has 31 heavy (non-hydrogen) atoms. The zero-order valence-electron chi connectivity index (χ0n) is 16.1. The molecule has 0 saturated heterocycles. The van der Waals surface area contributed by atoms with Gasteiger partial charge in [0, 0.05) is 11.6 Å². The smallest absolute Gasteiger partial charge is 0.433 e. The van der Waals surface area contributed by atoms with E-state index < -0.39 is 17.8 Å². The SMILES string of the molecule is COC(=O)C1CC(n2cc3cc(NC(=O)c4cccc(C(F)(F)F)n4)c(Cl)cc3n2)C1. The molecule has 2 heterocycles. The summed E-state index contributed by atoms with van der Waals surface area (Å²) in [6, 6.07) is 6.27. The molecule has 3 aromatic rings. The van der Waals surface area contributed by atoms with Gasteiger partial charge in [0.2, 0.25) is 0 Å². The number of halogens is 4. The van der Waals surface area contributed by atoms with E-state index in [1.165, 1.54) is 13.2 Å². The number of aromatic nitrogens is 3. The van der Waals surface area contributed by atoms with Crippen molar-refractivity contribution in [3.63, 3.8) is 0 Å². The molecule has 0 bridgehead atoms. The van der Waals surface area contributed by atoms with Crippen LogP contribution >= 0.6 is 11.6 Å². The molecule has 0 spiro atoms. The number of hydrogen-bond acceptors (Lipinski definition) is 5. The second kappa shape index (κ2) is 7.84. The Bertz CT molecular complexity index is 1170. The maximum absolute atomic E-state index is 12.8. The van der Waals surface area contributed by atoms with E-state index in [0.29, 0.717) is 23.7 Å². The van der Waals surface area contributed by atoms with Crippen molar-refractivity contribution in [2.45, 2.75) is 25.1 Å². The lowest BCUT2D eigenvalue weighted by atomic mass is 9.80. The fourth-order valence-electron chi connectivity index (χ4n) is 3.42. The average molecular weight is 453 g/mol. The summed E-state index contributed by atoms with van der Waals surface area (Å²) in [5.74, 6) is -1.22. The third kappa shape index (κ3) is 4.20. The summed E-state index contributed by atoms with van der Waals surface area (Å²) in [5, 5.41) is 7.82. The molecule has 0 atom stereocenters. The zero-order chi connectivity index (χ0) is 22.3. The minimum Gasteiger partial charge on any atom is -0.469 e. The van der Waals surface area contributed by atoms with Crippen molar-refractivity contribution < 1.29 is 27.5 Å². The standard InChI is InChI=1S/C20H16ClF3N4O3/c1-31-19(30)10-5-12(6-10)28-9-11-7-16(13(21)8-15(11)27-28)26-18(29)14-3-2-4-17(25-14)20(22,23)24/h2-4,7-10,12H,5-6H2,1H3,(H,26,29). The number of rotatable bonds is 4. The number of pyridine rings is 1. The Balaban J connectivity index is 1.53. The Morgan fingerprint density at radius 2 is 2.00 bits per heavy atom. The molecule has 7 nitrogen and oxygen atoms in total. The second-order valence-corrected chi connectivity index (χ2v) is 7.61. The van der Waals surface area contributed by atoms with Crippen molar-refractivity contribution in [2.75, 3.05) is 12.4 Å². The number of esters is 1. The normalized spacial score (nSPS) is 18.5. The average Bonchev–Trinajstić information content (AvgIpc) is 3.08. The molecule has 0 radical (unpaired) electrons. The number of methoxy groups -OCH3 is 1. The number of carbonyl (C=O) groups excluding carboxylic acids is 2. The highest BCUT2D eigenvalue weighted by atomic mass is 35.5. The van der Waals surface area contributed by atoms with Gasteiger partial charge in [-0.2, -0.15) is 18.3 Å². The van der Waals surface area contributed by atoms with Crippen LogP contribution in [0.25, 0.3) is 10.9 Å². The first-order valence-corrected chi connectivity index (χ1v) is 9.65. The summed E-state index contributed by atoms with van der Waals surface area (Å²) in [7, 11) is 1.35. The summed E-state index contributed by atoms with van der Waals surface area (Å²) >= 11 is 6.23. The Labute approximate surface area is 179 Å². The van der Waals surface area contributed by atoms with Crippen LogP contribution < -0.4 is 5.32 Å². The summed E-state index contributed by atoms with van der Waals surface area (Å²) in [6.07, 6.45) is -1.67. The van der Waals surface area contributed by atoms with Crippen LogP contribution in [0.15, 0.2) is 36.5 Å². The number of fused-ring (bicyclic) bond motifs is 1. The zero-order valence-corrected chi connectivity index (χ0v) is 16.9. The van der Waals surface area contributed by atoms with Crippen molar-refractivity contribution in [3.05, 3.63) is 52.9 Å². The van der Waals surface area contributed by atoms with Crippen LogP contribution in [0.5, 0.6) is 0 Å². The lowest BCUT2D eigenvalue weighted by Crippen LogP contribution is -2.33. The first kappa shape index (κ1) is 21.1. The number of nitrogens with one attached hydrogen (secondary N) is 1. The van der Waals surface area contributed by atoms with Crippen LogP contribution in [0, 0.1) is 5.92 Å². The molecule has 2 aromatic heterocycles. The van der Waals surface area contributed by atoms with Crippen molar-refractivity contribution in [3.8, 4) is 0 Å². The molecule has 1 fully saturated rings. The van der Waals surface area contributed by atoms with Gasteiger partial charge in [-0.3, -0.25) is 14.3 Å². The largest absolute Gasteiger partial charge is 0.469 e. The van der Waals surface area contributed by atoms with Crippen LogP contribution in [-0.2, 0) is 15.7 Å². The lowest BCUT2D eigenvalue weighted by Gasteiger charge is -2.33. The van der Waals surface area contributed by atoms with Crippen LogP contribution in [0.2, 0.25) is 5.02 Å². The molecule has 1 aromatic carbocycles. The van der Waals surface area contributed by atoms with Gasteiger partial charge >= 0.3 is 12.1 Å². The highest BCUT2D eigenvalue weighted by Crippen LogP contribution is 2.39. The number of ether oxygens (including phenoxy) is 1. The molecule has 1 saturated carbocycles. The number of alkyl halides is 3. The second-order valence-electron chi connectivity index (χ2n) is 7.21. The van der Waals surface area contributed by atoms with Crippen LogP contribution in [0.4, 0.5) is 18.9 Å². The Hall–Kier alpha value is -3.14. The van der Waals surface area contributed by atoms with E-state index in [-0.39, 0.29) is 34.3 Å². The summed E-state index contributed by atoms with van der Waals surface area (Å²) < 4.78 is 45.0. The van der Waals surface area contributed by atoms with Gasteiger partial charge in [-0.05, 0) is 37.1 Å². The quantitative estimate of drug-likeness (QED) is 0.590. The van der Waals surface area contributed by atoms with Crippen LogP contribution in [0.3, 0.4) is 0 Å². The lowest BCUT2D eigenvalue weighted by molar-refractivity contribution is -0.149. The van der Waals surface area contributed by atoms with Crippen molar-refractivity contribution in [1.82, 2.24) is 14.8 Å².